The minimum atomic E-state index is -0.755. The van der Waals surface area contributed by atoms with Gasteiger partial charge in [0.15, 0.2) is 4.80 Å². The predicted octanol–water partition coefficient (Wildman–Crippen LogP) is 3.54. The van der Waals surface area contributed by atoms with Gasteiger partial charge in [-0.05, 0) is 36.8 Å². The zero-order chi connectivity index (χ0) is 24.4. The molecule has 176 valence electrons. The molecule has 0 saturated heterocycles. The average Bonchev–Trinajstić information content (AvgIpc) is 3.51. The van der Waals surface area contributed by atoms with Crippen molar-refractivity contribution in [2.24, 2.45) is 4.99 Å². The van der Waals surface area contributed by atoms with Gasteiger partial charge in [0.05, 0.1) is 41.8 Å². The largest absolute Gasteiger partial charge is 0.497 e. The van der Waals surface area contributed by atoms with E-state index < -0.39 is 12.0 Å². The number of thiazole rings is 1. The number of hydrogen-bond donors (Lipinski definition) is 0. The van der Waals surface area contributed by atoms with E-state index >= 15 is 0 Å². The molecule has 0 radical (unpaired) electrons. The fourth-order valence-electron chi connectivity index (χ4n) is 4.07. The first-order valence-electron chi connectivity index (χ1n) is 11.1. The third-order valence-electron chi connectivity index (χ3n) is 5.60. The Bertz CT molecular complexity index is 1580. The highest BCUT2D eigenvalue weighted by atomic mass is 32.1. The molecule has 3 heterocycles. The highest BCUT2D eigenvalue weighted by Crippen LogP contribution is 2.36. The summed E-state index contributed by atoms with van der Waals surface area (Å²) >= 11 is 1.24. The second-order valence-electron chi connectivity index (χ2n) is 7.72. The van der Waals surface area contributed by atoms with Crippen LogP contribution in [-0.2, 0) is 9.53 Å². The third kappa shape index (κ3) is 4.24. The molecule has 2 aromatic carbocycles. The minimum Gasteiger partial charge on any atom is -0.497 e. The van der Waals surface area contributed by atoms with Gasteiger partial charge in [0.25, 0.3) is 5.56 Å². The standard InChI is InChI=1S/C27H22N2O5S/c1-3-33-26(31)22-23(17-9-5-4-6-10-17)28-27-29(24(22)18-11-7-12-19(15-18)32-2)25(30)21(35-27)16-20-13-8-14-34-20/h4-16,24H,3H2,1-2H3/b21-16-/t24-/m1/s1. The normalized spacial score (nSPS) is 15.5. The zero-order valence-corrected chi connectivity index (χ0v) is 20.0. The lowest BCUT2D eigenvalue weighted by Gasteiger charge is -2.26. The maximum absolute atomic E-state index is 13.7. The number of rotatable bonds is 6. The smallest absolute Gasteiger partial charge is 0.338 e. The SMILES string of the molecule is CCOC(=O)C1=C(c2ccccc2)N=c2s/c(=C\c3ccco3)c(=O)n2[C@@H]1c1cccc(OC)c1. The van der Waals surface area contributed by atoms with Gasteiger partial charge in [0.1, 0.15) is 11.5 Å². The van der Waals surface area contributed by atoms with Gasteiger partial charge in [0, 0.05) is 11.6 Å². The summed E-state index contributed by atoms with van der Waals surface area (Å²) in [4.78, 5) is 32.4. The van der Waals surface area contributed by atoms with Gasteiger partial charge in [-0.15, -0.1) is 0 Å². The van der Waals surface area contributed by atoms with Gasteiger partial charge >= 0.3 is 5.97 Å². The molecule has 0 spiro atoms. The second-order valence-corrected chi connectivity index (χ2v) is 8.73. The molecule has 0 unspecified atom stereocenters. The fraction of sp³-hybridized carbons (Fsp3) is 0.148. The summed E-state index contributed by atoms with van der Waals surface area (Å²) in [5.41, 5.74) is 1.96. The van der Waals surface area contributed by atoms with Gasteiger partial charge in [0.2, 0.25) is 0 Å². The van der Waals surface area contributed by atoms with E-state index in [1.165, 1.54) is 11.3 Å². The number of fused-ring (bicyclic) bond motifs is 1. The number of esters is 1. The molecule has 0 fully saturated rings. The van der Waals surface area contributed by atoms with Crippen LogP contribution < -0.4 is 19.6 Å². The molecule has 0 aliphatic carbocycles. The Morgan fingerprint density at radius 2 is 1.97 bits per heavy atom. The molecule has 0 N–H and O–H groups in total. The van der Waals surface area contributed by atoms with Crippen molar-refractivity contribution in [3.05, 3.63) is 115 Å². The Hall–Kier alpha value is -4.17. The van der Waals surface area contributed by atoms with Gasteiger partial charge in [-0.25, -0.2) is 9.79 Å². The van der Waals surface area contributed by atoms with Crippen molar-refractivity contribution < 1.29 is 18.7 Å². The Morgan fingerprint density at radius 1 is 1.14 bits per heavy atom. The molecule has 35 heavy (non-hydrogen) atoms. The summed E-state index contributed by atoms with van der Waals surface area (Å²) in [6.07, 6.45) is 3.23. The number of methoxy groups -OCH3 is 1. The van der Waals surface area contributed by atoms with E-state index in [2.05, 4.69) is 0 Å². The van der Waals surface area contributed by atoms with Crippen molar-refractivity contribution in [2.45, 2.75) is 13.0 Å². The van der Waals surface area contributed by atoms with Crippen LogP contribution in [0.3, 0.4) is 0 Å². The van der Waals surface area contributed by atoms with E-state index in [0.29, 0.717) is 37.7 Å². The maximum Gasteiger partial charge on any atom is 0.338 e. The molecule has 2 aromatic heterocycles. The summed E-state index contributed by atoms with van der Waals surface area (Å²) in [5.74, 6) is 0.644. The number of furan rings is 1. The predicted molar refractivity (Wildman–Crippen MR) is 133 cm³/mol. The van der Waals surface area contributed by atoms with Gasteiger partial charge in [-0.3, -0.25) is 9.36 Å². The van der Waals surface area contributed by atoms with Crippen LogP contribution in [0.4, 0.5) is 0 Å². The van der Waals surface area contributed by atoms with Crippen LogP contribution in [0, 0.1) is 0 Å². The first-order chi connectivity index (χ1) is 17.1. The van der Waals surface area contributed by atoms with Crippen LogP contribution in [0.15, 0.2) is 92.8 Å². The molecular weight excluding hydrogens is 464 g/mol. The Kier molecular flexibility index (Phi) is 6.20. The molecule has 0 amide bonds. The van der Waals surface area contributed by atoms with E-state index in [4.69, 9.17) is 18.9 Å². The summed E-state index contributed by atoms with van der Waals surface area (Å²) in [6.45, 7) is 1.94. The van der Waals surface area contributed by atoms with Crippen LogP contribution >= 0.6 is 11.3 Å². The summed E-state index contributed by atoms with van der Waals surface area (Å²) in [5, 5.41) is 0. The molecule has 7 nitrogen and oxygen atoms in total. The van der Waals surface area contributed by atoms with Crippen molar-refractivity contribution >= 4 is 29.1 Å². The van der Waals surface area contributed by atoms with Crippen LogP contribution in [0.25, 0.3) is 11.8 Å². The van der Waals surface area contributed by atoms with Crippen molar-refractivity contribution in [3.63, 3.8) is 0 Å². The maximum atomic E-state index is 13.7. The van der Waals surface area contributed by atoms with E-state index in [1.54, 1.807) is 43.1 Å². The zero-order valence-electron chi connectivity index (χ0n) is 19.1. The average molecular weight is 487 g/mol. The van der Waals surface area contributed by atoms with E-state index in [9.17, 15) is 9.59 Å². The van der Waals surface area contributed by atoms with Crippen molar-refractivity contribution in [2.75, 3.05) is 13.7 Å². The topological polar surface area (TPSA) is 83.0 Å². The van der Waals surface area contributed by atoms with Crippen LogP contribution in [0.5, 0.6) is 5.75 Å². The molecular formula is C27H22N2O5S. The number of aromatic nitrogens is 1. The lowest BCUT2D eigenvalue weighted by molar-refractivity contribution is -0.138. The molecule has 8 heteroatoms. The molecule has 4 aromatic rings. The first kappa shape index (κ1) is 22.6. The van der Waals surface area contributed by atoms with Crippen LogP contribution in [-0.4, -0.2) is 24.3 Å². The molecule has 1 aliphatic heterocycles. The minimum absolute atomic E-state index is 0.193. The third-order valence-corrected chi connectivity index (χ3v) is 6.58. The number of carbonyl (C=O) groups is 1. The number of hydrogen-bond acceptors (Lipinski definition) is 7. The van der Waals surface area contributed by atoms with E-state index in [0.717, 1.165) is 5.56 Å². The summed E-state index contributed by atoms with van der Waals surface area (Å²) in [6, 6.07) is 19.5. The number of ether oxygens (including phenoxy) is 2. The number of benzene rings is 2. The highest BCUT2D eigenvalue weighted by molar-refractivity contribution is 7.07. The lowest BCUT2D eigenvalue weighted by atomic mass is 9.93. The molecule has 0 saturated carbocycles. The number of carbonyl (C=O) groups excluding carboxylic acids is 1. The number of nitrogens with zero attached hydrogens (tertiary/aromatic N) is 2. The van der Waals surface area contributed by atoms with Gasteiger partial charge in [-0.1, -0.05) is 53.8 Å². The summed E-state index contributed by atoms with van der Waals surface area (Å²) in [7, 11) is 1.57. The van der Waals surface area contributed by atoms with Crippen LogP contribution in [0.2, 0.25) is 0 Å². The van der Waals surface area contributed by atoms with Gasteiger partial charge in [-0.2, -0.15) is 0 Å². The van der Waals surface area contributed by atoms with Gasteiger partial charge < -0.3 is 13.9 Å². The van der Waals surface area contributed by atoms with E-state index in [1.807, 2.05) is 54.6 Å². The Balaban J connectivity index is 1.85. The first-order valence-corrected chi connectivity index (χ1v) is 11.9. The van der Waals surface area contributed by atoms with Crippen molar-refractivity contribution in [1.29, 1.82) is 0 Å². The van der Waals surface area contributed by atoms with Crippen molar-refractivity contribution in [1.82, 2.24) is 4.57 Å². The highest BCUT2D eigenvalue weighted by Gasteiger charge is 2.35. The molecule has 5 rings (SSSR count). The Labute approximate surface area is 204 Å². The monoisotopic (exact) mass is 486 g/mol. The van der Waals surface area contributed by atoms with E-state index in [-0.39, 0.29) is 12.2 Å². The second kappa shape index (κ2) is 9.60. The van der Waals surface area contributed by atoms with Crippen LogP contribution in [0.1, 0.15) is 29.9 Å². The van der Waals surface area contributed by atoms with Crippen molar-refractivity contribution in [3.8, 4) is 5.75 Å². The molecule has 1 aliphatic rings. The Morgan fingerprint density at radius 3 is 2.69 bits per heavy atom. The molecule has 0 bridgehead atoms. The fourth-order valence-corrected chi connectivity index (χ4v) is 5.05. The summed E-state index contributed by atoms with van der Waals surface area (Å²) < 4.78 is 18.3. The quantitative estimate of drug-likeness (QED) is 0.390. The lowest BCUT2D eigenvalue weighted by Crippen LogP contribution is -2.40. The molecule has 1 atom stereocenters.